The van der Waals surface area contributed by atoms with Gasteiger partial charge in [-0.05, 0) is 38.8 Å². The van der Waals surface area contributed by atoms with Crippen LogP contribution in [-0.4, -0.2) is 115 Å². The highest BCUT2D eigenvalue weighted by molar-refractivity contribution is 5.97. The fraction of sp³-hybridized carbons (Fsp3) is 0.375. The number of hydrogen-bond acceptors (Lipinski definition) is 9. The molecule has 2 aliphatic heterocycles. The van der Waals surface area contributed by atoms with E-state index >= 15 is 0 Å². The Balaban J connectivity index is 1.34. The third kappa shape index (κ3) is 12.4. The molecule has 0 bridgehead atoms. The van der Waals surface area contributed by atoms with Crippen molar-refractivity contribution in [2.45, 2.75) is 76.3 Å². The summed E-state index contributed by atoms with van der Waals surface area (Å²) >= 11 is 0. The first-order valence-corrected chi connectivity index (χ1v) is 21.2. The summed E-state index contributed by atoms with van der Waals surface area (Å²) in [6.07, 6.45) is -1.17. The Bertz CT molecular complexity index is 2220. The zero-order valence-corrected chi connectivity index (χ0v) is 35.8. The van der Waals surface area contributed by atoms with Crippen LogP contribution in [-0.2, 0) is 46.3 Å². The number of nitrogens with one attached hydrogen (secondary N) is 5. The summed E-state index contributed by atoms with van der Waals surface area (Å²) in [5.74, 6) is -3.90. The van der Waals surface area contributed by atoms with Gasteiger partial charge in [0.05, 0.1) is 12.7 Å². The van der Waals surface area contributed by atoms with Crippen molar-refractivity contribution in [3.63, 3.8) is 0 Å². The number of ether oxygens (including phenoxy) is 1. The predicted octanol–water partition coefficient (Wildman–Crippen LogP) is 1.86. The molecule has 2 heterocycles. The average Bonchev–Trinajstić information content (AvgIpc) is 3.68. The fourth-order valence-electron chi connectivity index (χ4n) is 7.72. The molecule has 15 heteroatoms. The molecule has 8 N–H and O–H groups in total. The summed E-state index contributed by atoms with van der Waals surface area (Å²) in [6.45, 7) is 4.30. The third-order valence-electron chi connectivity index (χ3n) is 11.2. The number of aliphatic hydroxyl groups is 1. The topological polar surface area (TPSA) is 221 Å². The van der Waals surface area contributed by atoms with E-state index in [0.717, 1.165) is 22.3 Å². The standard InChI is InChI=1S/C48H57N7O8/c1-48(2,3)42-47(62)55-28-36(56)26-40(55)46(61)52-38(25-31-16-20-35(21-17-31)33-12-8-5-9-13-33)44(59)51-37(24-30-14-18-34(19-15-30)32-10-6-4-7-11-32)45(60)53-39(27-49)43(58)50-22-23-63-29-41(57)54-42/h4-21,36-40,42,56H,22-29,49H2,1-3H3,(H,50,58)(H,51,59)(H,52,61)(H,53,60)(H,54,57)/t36-,37-,38-,39-,40+,42-/m1/s1. The van der Waals surface area contributed by atoms with Crippen LogP contribution in [0.25, 0.3) is 22.3 Å². The Labute approximate surface area is 367 Å². The van der Waals surface area contributed by atoms with E-state index in [0.29, 0.717) is 11.1 Å². The molecule has 15 nitrogen and oxygen atoms in total. The number of nitrogens with two attached hydrogens (primary N) is 1. The Morgan fingerprint density at radius 1 is 0.635 bits per heavy atom. The lowest BCUT2D eigenvalue weighted by Gasteiger charge is -2.35. The molecule has 0 unspecified atom stereocenters. The largest absolute Gasteiger partial charge is 0.391 e. The van der Waals surface area contributed by atoms with Crippen molar-refractivity contribution in [1.29, 1.82) is 0 Å². The lowest BCUT2D eigenvalue weighted by atomic mass is 9.85. The Morgan fingerprint density at radius 2 is 1.11 bits per heavy atom. The number of benzene rings is 4. The van der Waals surface area contributed by atoms with Crippen molar-refractivity contribution in [1.82, 2.24) is 31.5 Å². The highest BCUT2D eigenvalue weighted by Crippen LogP contribution is 2.27. The molecule has 2 fully saturated rings. The van der Waals surface area contributed by atoms with E-state index in [1.165, 1.54) is 4.90 Å². The van der Waals surface area contributed by atoms with E-state index in [4.69, 9.17) is 10.5 Å². The summed E-state index contributed by atoms with van der Waals surface area (Å²) in [7, 11) is 0. The molecule has 2 saturated heterocycles. The normalized spacial score (nSPS) is 23.6. The number of carbonyl (C=O) groups is 6. The molecule has 6 amide bonds. The average molecular weight is 860 g/mol. The quantitative estimate of drug-likeness (QED) is 0.144. The van der Waals surface area contributed by atoms with Gasteiger partial charge in [0, 0.05) is 38.9 Å². The maximum atomic E-state index is 14.6. The van der Waals surface area contributed by atoms with Gasteiger partial charge in [-0.25, -0.2) is 0 Å². The van der Waals surface area contributed by atoms with Gasteiger partial charge in [-0.1, -0.05) is 130 Å². The molecular formula is C48H57N7O8. The van der Waals surface area contributed by atoms with Gasteiger partial charge >= 0.3 is 0 Å². The second-order valence-corrected chi connectivity index (χ2v) is 17.1. The van der Waals surface area contributed by atoms with E-state index in [2.05, 4.69) is 26.6 Å². The monoisotopic (exact) mass is 859 g/mol. The molecule has 0 spiro atoms. The molecule has 63 heavy (non-hydrogen) atoms. The van der Waals surface area contributed by atoms with Crippen LogP contribution in [0.5, 0.6) is 0 Å². The summed E-state index contributed by atoms with van der Waals surface area (Å²) in [4.78, 5) is 85.0. The molecule has 6 atom stereocenters. The van der Waals surface area contributed by atoms with Crippen LogP contribution in [0.1, 0.15) is 38.3 Å². The van der Waals surface area contributed by atoms with Crippen LogP contribution >= 0.6 is 0 Å². The maximum absolute atomic E-state index is 14.6. The van der Waals surface area contributed by atoms with Crippen molar-refractivity contribution in [2.24, 2.45) is 11.1 Å². The van der Waals surface area contributed by atoms with Crippen LogP contribution < -0.4 is 32.3 Å². The highest BCUT2D eigenvalue weighted by atomic mass is 16.5. The van der Waals surface area contributed by atoms with E-state index < -0.39 is 83.8 Å². The Kier molecular flexibility index (Phi) is 15.4. The first-order chi connectivity index (χ1) is 30.2. The van der Waals surface area contributed by atoms with Crippen LogP contribution in [0.3, 0.4) is 0 Å². The smallest absolute Gasteiger partial charge is 0.246 e. The van der Waals surface area contributed by atoms with Gasteiger partial charge < -0.3 is 47.1 Å². The van der Waals surface area contributed by atoms with Gasteiger partial charge in [-0.2, -0.15) is 0 Å². The predicted molar refractivity (Wildman–Crippen MR) is 237 cm³/mol. The second-order valence-electron chi connectivity index (χ2n) is 17.1. The number of carbonyl (C=O) groups excluding carboxylic acids is 6. The molecule has 0 aromatic heterocycles. The minimum atomic E-state index is -1.27. The molecule has 2 aliphatic rings. The van der Waals surface area contributed by atoms with Crippen molar-refractivity contribution >= 4 is 35.4 Å². The van der Waals surface area contributed by atoms with E-state index in [1.54, 1.807) is 20.8 Å². The second kappa shape index (κ2) is 21.1. The maximum Gasteiger partial charge on any atom is 0.246 e. The molecule has 0 saturated carbocycles. The number of fused-ring (bicyclic) bond motifs is 1. The zero-order chi connectivity index (χ0) is 45.1. The molecule has 0 radical (unpaired) electrons. The van der Waals surface area contributed by atoms with Crippen LogP contribution in [0.15, 0.2) is 109 Å². The molecular weight excluding hydrogens is 803 g/mol. The van der Waals surface area contributed by atoms with E-state index in [9.17, 15) is 33.9 Å². The molecule has 0 aliphatic carbocycles. The minimum Gasteiger partial charge on any atom is -0.391 e. The first kappa shape index (κ1) is 46.1. The Morgan fingerprint density at radius 3 is 1.60 bits per heavy atom. The zero-order valence-electron chi connectivity index (χ0n) is 35.8. The summed E-state index contributed by atoms with van der Waals surface area (Å²) in [5, 5.41) is 24.6. The minimum absolute atomic E-state index is 0.00945. The summed E-state index contributed by atoms with van der Waals surface area (Å²) in [6, 6.07) is 28.5. The molecule has 4 aromatic rings. The van der Waals surface area contributed by atoms with Crippen LogP contribution in [0.4, 0.5) is 0 Å². The van der Waals surface area contributed by atoms with Crippen molar-refractivity contribution < 1.29 is 38.6 Å². The van der Waals surface area contributed by atoms with Crippen LogP contribution in [0.2, 0.25) is 0 Å². The number of nitrogens with zero attached hydrogens (tertiary/aromatic N) is 1. The lowest BCUT2D eigenvalue weighted by molar-refractivity contribution is -0.145. The number of aliphatic hydroxyl groups excluding tert-OH is 1. The third-order valence-corrected chi connectivity index (χ3v) is 11.2. The molecule has 6 rings (SSSR count). The summed E-state index contributed by atoms with van der Waals surface area (Å²) in [5.41, 5.74) is 10.4. The summed E-state index contributed by atoms with van der Waals surface area (Å²) < 4.78 is 5.50. The number of rotatable bonds is 7. The van der Waals surface area contributed by atoms with Crippen molar-refractivity contribution in [3.05, 3.63) is 120 Å². The SMILES string of the molecule is CC(C)(C)[C@@H]1NC(=O)COCCNC(=O)[C@@H](CN)NC(=O)[C@@H](Cc2ccc(-c3ccccc3)cc2)NC(=O)[C@@H](Cc2ccc(-c3ccccc3)cc2)NC(=O)[C@@H]2C[C@@H](O)CN2C1=O. The fourth-order valence-corrected chi connectivity index (χ4v) is 7.72. The van der Waals surface area contributed by atoms with Gasteiger partial charge in [0.25, 0.3) is 0 Å². The Hall–Kier alpha value is -6.42. The van der Waals surface area contributed by atoms with Gasteiger partial charge in [0.15, 0.2) is 0 Å². The van der Waals surface area contributed by atoms with Gasteiger partial charge in [-0.3, -0.25) is 28.8 Å². The van der Waals surface area contributed by atoms with Gasteiger partial charge in [0.1, 0.15) is 36.8 Å². The lowest BCUT2D eigenvalue weighted by Crippen LogP contribution is -2.61. The molecule has 4 aromatic carbocycles. The van der Waals surface area contributed by atoms with Crippen LogP contribution in [0, 0.1) is 5.41 Å². The van der Waals surface area contributed by atoms with Gasteiger partial charge in [-0.15, -0.1) is 0 Å². The highest BCUT2D eigenvalue weighted by Gasteiger charge is 2.45. The van der Waals surface area contributed by atoms with Crippen molar-refractivity contribution in [2.75, 3.05) is 32.8 Å². The molecule has 332 valence electrons. The first-order valence-electron chi connectivity index (χ1n) is 21.2. The van der Waals surface area contributed by atoms with Crippen molar-refractivity contribution in [3.8, 4) is 22.3 Å². The van der Waals surface area contributed by atoms with Gasteiger partial charge in [0.2, 0.25) is 35.4 Å². The number of hydrogen-bond donors (Lipinski definition) is 7. The number of amides is 6. The van der Waals surface area contributed by atoms with E-state index in [1.807, 2.05) is 109 Å². The van der Waals surface area contributed by atoms with E-state index in [-0.39, 0.29) is 45.5 Å².